The number of nitrogen functional groups attached to an aromatic ring is 1. The van der Waals surface area contributed by atoms with E-state index in [0.29, 0.717) is 16.8 Å². The molecule has 0 amide bonds. The van der Waals surface area contributed by atoms with Crippen LogP contribution < -0.4 is 5.73 Å². The minimum absolute atomic E-state index is 0.00101. The van der Waals surface area contributed by atoms with Crippen LogP contribution in [0.25, 0.3) is 16.6 Å². The van der Waals surface area contributed by atoms with Gasteiger partial charge in [-0.15, -0.1) is 0 Å². The Morgan fingerprint density at radius 1 is 0.750 bits per heavy atom. The highest BCUT2D eigenvalue weighted by Gasteiger charge is 2.09. The Hall–Kier alpha value is -3.33. The Labute approximate surface area is 140 Å². The number of fused-ring (bicyclic) bond motifs is 1. The van der Waals surface area contributed by atoms with E-state index in [9.17, 15) is 4.79 Å². The number of hydrogen-bond donors (Lipinski definition) is 1. The third kappa shape index (κ3) is 2.46. The summed E-state index contributed by atoms with van der Waals surface area (Å²) in [5, 5.41) is 1.19. The predicted molar refractivity (Wildman–Crippen MR) is 97.6 cm³/mol. The first kappa shape index (κ1) is 14.3. The lowest BCUT2D eigenvalue weighted by molar-refractivity contribution is 0.103. The lowest BCUT2D eigenvalue weighted by Gasteiger charge is -2.07. The predicted octanol–water partition coefficient (Wildman–Crippen LogP) is 4.44. The lowest BCUT2D eigenvalue weighted by Crippen LogP contribution is -2.02. The van der Waals surface area contributed by atoms with Crippen molar-refractivity contribution in [3.63, 3.8) is 0 Å². The zero-order valence-corrected chi connectivity index (χ0v) is 13.0. The second-order valence-electron chi connectivity index (χ2n) is 5.74. The molecule has 0 radical (unpaired) electrons. The van der Waals surface area contributed by atoms with Crippen molar-refractivity contribution in [1.82, 2.24) is 4.57 Å². The maximum Gasteiger partial charge on any atom is 0.193 e. The molecule has 3 nitrogen and oxygen atoms in total. The van der Waals surface area contributed by atoms with E-state index in [1.165, 1.54) is 5.39 Å². The Balaban J connectivity index is 1.67. The molecule has 3 heteroatoms. The molecule has 1 aromatic heterocycles. The van der Waals surface area contributed by atoms with E-state index in [0.717, 1.165) is 11.2 Å². The highest BCUT2D eigenvalue weighted by Crippen LogP contribution is 2.21. The van der Waals surface area contributed by atoms with Gasteiger partial charge < -0.3 is 10.3 Å². The molecule has 0 bridgehead atoms. The Morgan fingerprint density at radius 3 is 2.08 bits per heavy atom. The normalized spacial score (nSPS) is 10.8. The molecular weight excluding hydrogens is 296 g/mol. The molecule has 2 N–H and O–H groups in total. The monoisotopic (exact) mass is 312 g/mol. The fourth-order valence-electron chi connectivity index (χ4n) is 2.88. The van der Waals surface area contributed by atoms with Gasteiger partial charge in [-0.2, -0.15) is 0 Å². The van der Waals surface area contributed by atoms with Gasteiger partial charge in [-0.05, 0) is 66.0 Å². The van der Waals surface area contributed by atoms with Crippen LogP contribution in [0.15, 0.2) is 85.1 Å². The molecule has 0 aliphatic rings. The van der Waals surface area contributed by atoms with Gasteiger partial charge in [0, 0.05) is 28.7 Å². The number of benzene rings is 3. The number of para-hydroxylation sites is 1. The Morgan fingerprint density at radius 2 is 1.38 bits per heavy atom. The summed E-state index contributed by atoms with van der Waals surface area (Å²) in [6, 6.07) is 25.0. The second-order valence-corrected chi connectivity index (χ2v) is 5.74. The molecule has 0 fully saturated rings. The van der Waals surface area contributed by atoms with Crippen LogP contribution in [-0.2, 0) is 0 Å². The van der Waals surface area contributed by atoms with Crippen LogP contribution in [-0.4, -0.2) is 10.4 Å². The SMILES string of the molecule is Nc1ccc(C(=O)c2ccc(-n3ccc4ccccc43)cc2)cc1. The van der Waals surface area contributed by atoms with E-state index in [-0.39, 0.29) is 5.78 Å². The minimum Gasteiger partial charge on any atom is -0.399 e. The van der Waals surface area contributed by atoms with Crippen molar-refractivity contribution in [1.29, 1.82) is 0 Å². The maximum absolute atomic E-state index is 12.5. The summed E-state index contributed by atoms with van der Waals surface area (Å²) in [4.78, 5) is 12.5. The van der Waals surface area contributed by atoms with E-state index in [1.807, 2.05) is 42.6 Å². The van der Waals surface area contributed by atoms with E-state index >= 15 is 0 Å². The van der Waals surface area contributed by atoms with Gasteiger partial charge in [0.05, 0.1) is 5.52 Å². The number of hydrogen-bond acceptors (Lipinski definition) is 2. The summed E-state index contributed by atoms with van der Waals surface area (Å²) in [5.41, 5.74) is 9.81. The van der Waals surface area contributed by atoms with Crippen LogP contribution in [0.3, 0.4) is 0 Å². The molecule has 0 unspecified atom stereocenters. The molecule has 0 saturated carbocycles. The Kier molecular flexibility index (Phi) is 3.39. The molecule has 4 aromatic rings. The van der Waals surface area contributed by atoms with Gasteiger partial charge in [-0.1, -0.05) is 18.2 Å². The second kappa shape index (κ2) is 5.70. The fourth-order valence-corrected chi connectivity index (χ4v) is 2.88. The van der Waals surface area contributed by atoms with Crippen molar-refractivity contribution in [3.8, 4) is 5.69 Å². The van der Waals surface area contributed by atoms with Crippen molar-refractivity contribution in [2.75, 3.05) is 5.73 Å². The number of carbonyl (C=O) groups is 1. The molecule has 0 aliphatic heterocycles. The van der Waals surface area contributed by atoms with E-state index in [4.69, 9.17) is 5.73 Å². The quantitative estimate of drug-likeness (QED) is 0.449. The molecule has 0 spiro atoms. The highest BCUT2D eigenvalue weighted by atomic mass is 16.1. The molecule has 0 saturated heterocycles. The van der Waals surface area contributed by atoms with Crippen molar-refractivity contribution in [2.24, 2.45) is 0 Å². The van der Waals surface area contributed by atoms with Gasteiger partial charge in [0.2, 0.25) is 0 Å². The number of nitrogens with zero attached hydrogens (tertiary/aromatic N) is 1. The average Bonchev–Trinajstić information content (AvgIpc) is 3.06. The van der Waals surface area contributed by atoms with Gasteiger partial charge in [-0.3, -0.25) is 4.79 Å². The topological polar surface area (TPSA) is 48.0 Å². The third-order valence-electron chi connectivity index (χ3n) is 4.18. The van der Waals surface area contributed by atoms with Crippen LogP contribution >= 0.6 is 0 Å². The summed E-state index contributed by atoms with van der Waals surface area (Å²) >= 11 is 0. The molecule has 0 aliphatic carbocycles. The summed E-state index contributed by atoms with van der Waals surface area (Å²) in [7, 11) is 0. The van der Waals surface area contributed by atoms with Crippen molar-refractivity contribution < 1.29 is 4.79 Å². The standard InChI is InChI=1S/C21H16N2O/c22-18-9-5-16(6-10-18)21(24)17-7-11-19(12-8-17)23-14-13-15-3-1-2-4-20(15)23/h1-14H,22H2. The highest BCUT2D eigenvalue weighted by molar-refractivity contribution is 6.09. The first-order valence-electron chi connectivity index (χ1n) is 7.79. The summed E-state index contributed by atoms with van der Waals surface area (Å²) in [5.74, 6) is -0.00101. The molecular formula is C21H16N2O. The van der Waals surface area contributed by atoms with Crippen LogP contribution in [0.2, 0.25) is 0 Å². The molecule has 3 aromatic carbocycles. The number of aromatic nitrogens is 1. The fraction of sp³-hybridized carbons (Fsp3) is 0. The van der Waals surface area contributed by atoms with Crippen molar-refractivity contribution >= 4 is 22.4 Å². The van der Waals surface area contributed by atoms with E-state index in [1.54, 1.807) is 24.3 Å². The molecule has 0 atom stereocenters. The van der Waals surface area contributed by atoms with Crippen LogP contribution in [0.5, 0.6) is 0 Å². The first-order valence-corrected chi connectivity index (χ1v) is 7.79. The number of ketones is 1. The Bertz CT molecular complexity index is 1010. The van der Waals surface area contributed by atoms with Crippen molar-refractivity contribution in [2.45, 2.75) is 0 Å². The average molecular weight is 312 g/mol. The summed E-state index contributed by atoms with van der Waals surface area (Å²) in [6.07, 6.45) is 2.04. The maximum atomic E-state index is 12.5. The number of nitrogens with two attached hydrogens (primary N) is 1. The van der Waals surface area contributed by atoms with Gasteiger partial charge in [-0.25, -0.2) is 0 Å². The van der Waals surface area contributed by atoms with Crippen LogP contribution in [0.1, 0.15) is 15.9 Å². The third-order valence-corrected chi connectivity index (χ3v) is 4.18. The summed E-state index contributed by atoms with van der Waals surface area (Å²) in [6.45, 7) is 0. The minimum atomic E-state index is -0.00101. The van der Waals surface area contributed by atoms with Gasteiger partial charge in [0.15, 0.2) is 5.78 Å². The zero-order chi connectivity index (χ0) is 16.5. The number of carbonyl (C=O) groups excluding carboxylic acids is 1. The van der Waals surface area contributed by atoms with E-state index in [2.05, 4.69) is 22.8 Å². The van der Waals surface area contributed by atoms with Gasteiger partial charge >= 0.3 is 0 Å². The lowest BCUT2D eigenvalue weighted by atomic mass is 10.0. The first-order chi connectivity index (χ1) is 11.7. The number of rotatable bonds is 3. The number of anilines is 1. The van der Waals surface area contributed by atoms with E-state index < -0.39 is 0 Å². The largest absolute Gasteiger partial charge is 0.399 e. The van der Waals surface area contributed by atoms with Crippen LogP contribution in [0.4, 0.5) is 5.69 Å². The summed E-state index contributed by atoms with van der Waals surface area (Å²) < 4.78 is 2.12. The van der Waals surface area contributed by atoms with Crippen LogP contribution in [0, 0.1) is 0 Å². The van der Waals surface area contributed by atoms with Crippen molar-refractivity contribution in [3.05, 3.63) is 96.2 Å². The smallest absolute Gasteiger partial charge is 0.193 e. The molecule has 116 valence electrons. The molecule has 4 rings (SSSR count). The molecule has 24 heavy (non-hydrogen) atoms. The molecule has 1 heterocycles. The zero-order valence-electron chi connectivity index (χ0n) is 13.0. The van der Waals surface area contributed by atoms with Gasteiger partial charge in [0.1, 0.15) is 0 Å². The van der Waals surface area contributed by atoms with Gasteiger partial charge in [0.25, 0.3) is 0 Å².